The van der Waals surface area contributed by atoms with Gasteiger partial charge in [0.15, 0.2) is 0 Å². The molecule has 0 spiro atoms. The Morgan fingerprint density at radius 3 is 2.00 bits per heavy atom. The van der Waals surface area contributed by atoms with Crippen molar-refractivity contribution in [3.8, 4) is 0 Å². The minimum absolute atomic E-state index is 0.0618. The molecular weight excluding hydrogens is 288 g/mol. The molecule has 1 saturated heterocycles. The van der Waals surface area contributed by atoms with E-state index in [-0.39, 0.29) is 23.6 Å². The van der Waals surface area contributed by atoms with E-state index >= 15 is 0 Å². The van der Waals surface area contributed by atoms with Gasteiger partial charge in [-0.3, -0.25) is 4.79 Å². The molecule has 1 aliphatic rings. The zero-order chi connectivity index (χ0) is 16.2. The van der Waals surface area contributed by atoms with E-state index in [1.54, 1.807) is 6.92 Å². The molecule has 1 aliphatic heterocycles. The third kappa shape index (κ3) is 4.95. The normalized spacial score (nSPS) is 18.7. The number of piperidine rings is 1. The van der Waals surface area contributed by atoms with Gasteiger partial charge in [0.05, 0.1) is 5.75 Å². The van der Waals surface area contributed by atoms with Crippen LogP contribution in [0.15, 0.2) is 0 Å². The molecule has 1 amide bonds. The summed E-state index contributed by atoms with van der Waals surface area (Å²) in [6, 6.07) is 0.176. The number of rotatable bonds is 6. The number of hydrogen-bond acceptors (Lipinski definition) is 3. The number of nitrogens with zero attached hydrogens (tertiary/aromatic N) is 1. The summed E-state index contributed by atoms with van der Waals surface area (Å²) >= 11 is 0. The number of sulfonamides is 1. The molecule has 1 heterocycles. The van der Waals surface area contributed by atoms with Crippen molar-refractivity contribution in [2.45, 2.75) is 53.5 Å². The molecule has 0 aliphatic carbocycles. The summed E-state index contributed by atoms with van der Waals surface area (Å²) in [7, 11) is -3.12. The quantitative estimate of drug-likeness (QED) is 0.812. The predicted molar refractivity (Wildman–Crippen MR) is 85.4 cm³/mol. The first kappa shape index (κ1) is 18.4. The molecule has 6 heteroatoms. The number of carbonyl (C=O) groups is 1. The fourth-order valence-corrected chi connectivity index (χ4v) is 4.10. The Morgan fingerprint density at radius 2 is 1.62 bits per heavy atom. The molecule has 0 bridgehead atoms. The van der Waals surface area contributed by atoms with Crippen molar-refractivity contribution in [3.63, 3.8) is 0 Å². The van der Waals surface area contributed by atoms with Crippen LogP contribution in [0.3, 0.4) is 0 Å². The van der Waals surface area contributed by atoms with E-state index in [9.17, 15) is 13.2 Å². The van der Waals surface area contributed by atoms with Crippen LogP contribution in [-0.4, -0.2) is 43.5 Å². The molecule has 0 aromatic heterocycles. The molecular formula is C15H30N2O3S. The highest BCUT2D eigenvalue weighted by Gasteiger charge is 2.31. The minimum Gasteiger partial charge on any atom is -0.353 e. The van der Waals surface area contributed by atoms with Gasteiger partial charge in [0, 0.05) is 25.0 Å². The van der Waals surface area contributed by atoms with Crippen LogP contribution in [0.25, 0.3) is 0 Å². The van der Waals surface area contributed by atoms with Crippen molar-refractivity contribution in [1.29, 1.82) is 0 Å². The largest absolute Gasteiger partial charge is 0.353 e. The van der Waals surface area contributed by atoms with Gasteiger partial charge < -0.3 is 5.32 Å². The monoisotopic (exact) mass is 318 g/mol. The number of amides is 1. The molecule has 0 atom stereocenters. The van der Waals surface area contributed by atoms with Crippen molar-refractivity contribution in [2.75, 3.05) is 18.8 Å². The molecule has 1 fully saturated rings. The number of nitrogens with one attached hydrogen (secondary N) is 1. The highest BCUT2D eigenvalue weighted by Crippen LogP contribution is 2.21. The lowest BCUT2D eigenvalue weighted by molar-refractivity contribution is -0.127. The predicted octanol–water partition coefficient (Wildman–Crippen LogP) is 1.84. The molecule has 0 aromatic rings. The zero-order valence-electron chi connectivity index (χ0n) is 13.9. The second-order valence-electron chi connectivity index (χ2n) is 6.60. The van der Waals surface area contributed by atoms with E-state index < -0.39 is 10.0 Å². The molecule has 1 rings (SSSR count). The lowest BCUT2D eigenvalue weighted by Crippen LogP contribution is -2.48. The van der Waals surface area contributed by atoms with Crippen LogP contribution < -0.4 is 5.32 Å². The van der Waals surface area contributed by atoms with Crippen molar-refractivity contribution in [2.24, 2.45) is 17.8 Å². The molecule has 0 aromatic carbocycles. The van der Waals surface area contributed by atoms with E-state index in [0.29, 0.717) is 37.8 Å². The van der Waals surface area contributed by atoms with Crippen molar-refractivity contribution in [3.05, 3.63) is 0 Å². The van der Waals surface area contributed by atoms with Crippen LogP contribution >= 0.6 is 0 Å². The fourth-order valence-electron chi connectivity index (χ4n) is 2.96. The first-order valence-electron chi connectivity index (χ1n) is 7.97. The van der Waals surface area contributed by atoms with Gasteiger partial charge in [-0.15, -0.1) is 0 Å². The Balaban J connectivity index is 2.56. The van der Waals surface area contributed by atoms with Crippen molar-refractivity contribution >= 4 is 15.9 Å². The van der Waals surface area contributed by atoms with Crippen LogP contribution in [0.4, 0.5) is 0 Å². The highest BCUT2D eigenvalue weighted by atomic mass is 32.2. The van der Waals surface area contributed by atoms with Crippen LogP contribution in [0.1, 0.15) is 47.5 Å². The summed E-state index contributed by atoms with van der Waals surface area (Å²) < 4.78 is 25.1. The van der Waals surface area contributed by atoms with E-state index in [0.717, 1.165) is 0 Å². The molecule has 124 valence electrons. The maximum absolute atomic E-state index is 12.4. The summed E-state index contributed by atoms with van der Waals surface area (Å²) in [5.74, 6) is 0.945. The smallest absolute Gasteiger partial charge is 0.223 e. The van der Waals surface area contributed by atoms with E-state index in [1.165, 1.54) is 4.31 Å². The van der Waals surface area contributed by atoms with Gasteiger partial charge in [0.1, 0.15) is 0 Å². The van der Waals surface area contributed by atoms with Crippen LogP contribution in [0, 0.1) is 17.8 Å². The summed E-state index contributed by atoms with van der Waals surface area (Å²) in [6.45, 7) is 11.0. The lowest BCUT2D eigenvalue weighted by atomic mass is 9.91. The van der Waals surface area contributed by atoms with Gasteiger partial charge in [-0.1, -0.05) is 27.7 Å². The number of carbonyl (C=O) groups excluding carboxylic acids is 1. The van der Waals surface area contributed by atoms with Gasteiger partial charge in [-0.05, 0) is 31.6 Å². The van der Waals surface area contributed by atoms with Crippen LogP contribution in [0.5, 0.6) is 0 Å². The van der Waals surface area contributed by atoms with Gasteiger partial charge in [0.25, 0.3) is 0 Å². The first-order valence-corrected chi connectivity index (χ1v) is 9.58. The van der Waals surface area contributed by atoms with Gasteiger partial charge in [0.2, 0.25) is 15.9 Å². The van der Waals surface area contributed by atoms with E-state index in [2.05, 4.69) is 33.0 Å². The topological polar surface area (TPSA) is 66.5 Å². The Bertz CT molecular complexity index is 430. The average molecular weight is 318 g/mol. The fraction of sp³-hybridized carbons (Fsp3) is 0.933. The third-order valence-electron chi connectivity index (χ3n) is 4.33. The SMILES string of the molecule is CCS(=O)(=O)N1CCC(C(=O)NC(C(C)C)C(C)C)CC1. The Morgan fingerprint density at radius 1 is 1.14 bits per heavy atom. The molecule has 0 unspecified atom stereocenters. The summed E-state index contributed by atoms with van der Waals surface area (Å²) in [5, 5.41) is 3.15. The maximum Gasteiger partial charge on any atom is 0.223 e. The van der Waals surface area contributed by atoms with Crippen molar-refractivity contribution < 1.29 is 13.2 Å². The number of hydrogen-bond donors (Lipinski definition) is 1. The first-order chi connectivity index (χ1) is 9.69. The summed E-state index contributed by atoms with van der Waals surface area (Å²) in [6.07, 6.45) is 1.24. The average Bonchev–Trinajstić information content (AvgIpc) is 2.43. The van der Waals surface area contributed by atoms with E-state index in [4.69, 9.17) is 0 Å². The molecule has 5 nitrogen and oxygen atoms in total. The standard InChI is InChI=1S/C15H30N2O3S/c1-6-21(19,20)17-9-7-13(8-10-17)15(18)16-14(11(2)3)12(4)5/h11-14H,6-10H2,1-5H3,(H,16,18). The second-order valence-corrected chi connectivity index (χ2v) is 8.85. The van der Waals surface area contributed by atoms with Gasteiger partial charge in [-0.25, -0.2) is 12.7 Å². The second kappa shape index (κ2) is 7.58. The molecule has 1 N–H and O–H groups in total. The van der Waals surface area contributed by atoms with Crippen LogP contribution in [0.2, 0.25) is 0 Å². The Kier molecular flexibility index (Phi) is 6.66. The molecule has 0 saturated carbocycles. The summed E-state index contributed by atoms with van der Waals surface area (Å²) in [4.78, 5) is 12.4. The Hall–Kier alpha value is -0.620. The maximum atomic E-state index is 12.4. The lowest BCUT2D eigenvalue weighted by Gasteiger charge is -2.33. The zero-order valence-corrected chi connectivity index (χ0v) is 14.7. The van der Waals surface area contributed by atoms with Crippen molar-refractivity contribution in [1.82, 2.24) is 9.62 Å². The molecule has 21 heavy (non-hydrogen) atoms. The molecule has 0 radical (unpaired) electrons. The van der Waals surface area contributed by atoms with Gasteiger partial charge >= 0.3 is 0 Å². The third-order valence-corrected chi connectivity index (χ3v) is 6.21. The van der Waals surface area contributed by atoms with E-state index in [1.807, 2.05) is 0 Å². The highest BCUT2D eigenvalue weighted by molar-refractivity contribution is 7.89. The Labute approximate surface area is 129 Å². The van der Waals surface area contributed by atoms with Gasteiger partial charge in [-0.2, -0.15) is 0 Å². The summed E-state index contributed by atoms with van der Waals surface area (Å²) in [5.41, 5.74) is 0. The minimum atomic E-state index is -3.12. The van der Waals surface area contributed by atoms with Crippen LogP contribution in [-0.2, 0) is 14.8 Å².